The standard InChI is InChI=1S/C20H29NO4/c1-2-3-13-23-17-9-7-16(8-10-17)19(22)21-14-18-15-24-20(25-18)11-5-4-6-12-20/h7-10,18H,2-6,11-15H2,1H3,(H,21,22)/t18-/m1/s1. The van der Waals surface area contributed by atoms with E-state index in [4.69, 9.17) is 14.2 Å². The molecule has 0 aromatic heterocycles. The van der Waals surface area contributed by atoms with Crippen LogP contribution in [0.3, 0.4) is 0 Å². The summed E-state index contributed by atoms with van der Waals surface area (Å²) in [6.07, 6.45) is 7.60. The van der Waals surface area contributed by atoms with Gasteiger partial charge in [0, 0.05) is 24.9 Å². The van der Waals surface area contributed by atoms with Crippen molar-refractivity contribution in [1.82, 2.24) is 5.32 Å². The smallest absolute Gasteiger partial charge is 0.251 e. The van der Waals surface area contributed by atoms with Gasteiger partial charge >= 0.3 is 0 Å². The summed E-state index contributed by atoms with van der Waals surface area (Å²) < 4.78 is 17.6. The van der Waals surface area contributed by atoms with Crippen molar-refractivity contribution in [3.63, 3.8) is 0 Å². The Balaban J connectivity index is 1.43. The summed E-state index contributed by atoms with van der Waals surface area (Å²) in [6, 6.07) is 7.28. The molecule has 0 unspecified atom stereocenters. The van der Waals surface area contributed by atoms with Gasteiger partial charge in [-0.25, -0.2) is 0 Å². The molecule has 0 bridgehead atoms. The quantitative estimate of drug-likeness (QED) is 0.765. The van der Waals surface area contributed by atoms with E-state index in [0.29, 0.717) is 25.3 Å². The molecule has 1 amide bonds. The van der Waals surface area contributed by atoms with Crippen LogP contribution in [0.2, 0.25) is 0 Å². The number of carbonyl (C=O) groups excluding carboxylic acids is 1. The summed E-state index contributed by atoms with van der Waals surface area (Å²) in [4.78, 5) is 12.3. The Morgan fingerprint density at radius 1 is 1.24 bits per heavy atom. The molecule has 1 aromatic carbocycles. The average Bonchev–Trinajstić information content (AvgIpc) is 3.03. The van der Waals surface area contributed by atoms with Gasteiger partial charge in [-0.2, -0.15) is 0 Å². The van der Waals surface area contributed by atoms with E-state index in [1.165, 1.54) is 6.42 Å². The van der Waals surface area contributed by atoms with Crippen molar-refractivity contribution in [3.8, 4) is 5.75 Å². The summed E-state index contributed by atoms with van der Waals surface area (Å²) in [5.41, 5.74) is 0.633. The third kappa shape index (κ3) is 4.95. The van der Waals surface area contributed by atoms with Gasteiger partial charge in [-0.15, -0.1) is 0 Å². The average molecular weight is 347 g/mol. The molecule has 25 heavy (non-hydrogen) atoms. The fourth-order valence-electron chi connectivity index (χ4n) is 3.42. The SMILES string of the molecule is CCCCOc1ccc(C(=O)NC[C@@H]2COC3(CCCCC3)O2)cc1. The van der Waals surface area contributed by atoms with Crippen molar-refractivity contribution in [2.45, 2.75) is 63.8 Å². The lowest BCUT2D eigenvalue weighted by Gasteiger charge is -2.31. The number of carbonyl (C=O) groups is 1. The number of hydrogen-bond acceptors (Lipinski definition) is 4. The van der Waals surface area contributed by atoms with Gasteiger partial charge in [-0.05, 0) is 43.5 Å². The van der Waals surface area contributed by atoms with E-state index in [9.17, 15) is 4.79 Å². The molecular weight excluding hydrogens is 318 g/mol. The van der Waals surface area contributed by atoms with Crippen LogP contribution in [-0.2, 0) is 9.47 Å². The minimum Gasteiger partial charge on any atom is -0.494 e. The molecule has 5 nitrogen and oxygen atoms in total. The second kappa shape index (κ2) is 8.68. The van der Waals surface area contributed by atoms with Crippen LogP contribution in [0.15, 0.2) is 24.3 Å². The Morgan fingerprint density at radius 3 is 2.72 bits per heavy atom. The monoisotopic (exact) mass is 347 g/mol. The van der Waals surface area contributed by atoms with Crippen molar-refractivity contribution in [2.75, 3.05) is 19.8 Å². The molecule has 1 aliphatic heterocycles. The molecule has 2 fully saturated rings. The maximum Gasteiger partial charge on any atom is 0.251 e. The second-order valence-corrected chi connectivity index (χ2v) is 6.96. The zero-order chi connectivity index (χ0) is 17.5. The topological polar surface area (TPSA) is 56.8 Å². The van der Waals surface area contributed by atoms with Crippen LogP contribution in [0.1, 0.15) is 62.2 Å². The summed E-state index contributed by atoms with van der Waals surface area (Å²) in [5, 5.41) is 2.95. The van der Waals surface area contributed by atoms with E-state index in [1.807, 2.05) is 12.1 Å². The molecule has 138 valence electrons. The predicted octanol–water partition coefficient (Wildman–Crippen LogP) is 3.67. The number of benzene rings is 1. The molecule has 1 aliphatic carbocycles. The van der Waals surface area contributed by atoms with Crippen LogP contribution in [-0.4, -0.2) is 37.6 Å². The maximum absolute atomic E-state index is 12.3. The summed E-state index contributed by atoms with van der Waals surface area (Å²) in [7, 11) is 0. The molecule has 1 saturated carbocycles. The largest absolute Gasteiger partial charge is 0.494 e. The normalized spacial score (nSPS) is 22.0. The molecule has 0 radical (unpaired) electrons. The fourth-order valence-corrected chi connectivity index (χ4v) is 3.42. The molecule has 1 atom stereocenters. The minimum atomic E-state index is -0.384. The number of ether oxygens (including phenoxy) is 3. The van der Waals surface area contributed by atoms with E-state index in [-0.39, 0.29) is 17.8 Å². The number of amides is 1. The Bertz CT molecular complexity index is 551. The van der Waals surface area contributed by atoms with Gasteiger partial charge in [0.2, 0.25) is 0 Å². The van der Waals surface area contributed by atoms with Crippen molar-refractivity contribution >= 4 is 5.91 Å². The van der Waals surface area contributed by atoms with Crippen LogP contribution < -0.4 is 10.1 Å². The van der Waals surface area contributed by atoms with E-state index in [0.717, 1.165) is 44.3 Å². The molecule has 5 heteroatoms. The summed E-state index contributed by atoms with van der Waals surface area (Å²) in [6.45, 7) is 3.88. The van der Waals surface area contributed by atoms with Crippen LogP contribution in [0, 0.1) is 0 Å². The molecule has 1 spiro atoms. The molecular formula is C20H29NO4. The minimum absolute atomic E-state index is 0.0568. The molecule has 2 aliphatic rings. The van der Waals surface area contributed by atoms with Crippen LogP contribution in [0.25, 0.3) is 0 Å². The Kier molecular flexibility index (Phi) is 6.32. The highest BCUT2D eigenvalue weighted by Crippen LogP contribution is 2.37. The Labute approximate surface area is 150 Å². The molecule has 1 N–H and O–H groups in total. The summed E-state index contributed by atoms with van der Waals surface area (Å²) in [5.74, 6) is 0.329. The fraction of sp³-hybridized carbons (Fsp3) is 0.650. The first kappa shape index (κ1) is 18.2. The third-order valence-corrected chi connectivity index (χ3v) is 4.90. The molecule has 3 rings (SSSR count). The van der Waals surface area contributed by atoms with Crippen molar-refractivity contribution < 1.29 is 19.0 Å². The Hall–Kier alpha value is -1.59. The van der Waals surface area contributed by atoms with Gasteiger partial charge in [0.15, 0.2) is 5.79 Å². The number of rotatable bonds is 7. The third-order valence-electron chi connectivity index (χ3n) is 4.90. The lowest BCUT2D eigenvalue weighted by atomic mass is 9.94. The Morgan fingerprint density at radius 2 is 2.00 bits per heavy atom. The van der Waals surface area contributed by atoms with E-state index >= 15 is 0 Å². The highest BCUT2D eigenvalue weighted by Gasteiger charge is 2.42. The number of unbranched alkanes of at least 4 members (excludes halogenated alkanes) is 1. The predicted molar refractivity (Wildman–Crippen MR) is 95.8 cm³/mol. The maximum atomic E-state index is 12.3. The van der Waals surface area contributed by atoms with Gasteiger partial charge in [-0.1, -0.05) is 19.8 Å². The van der Waals surface area contributed by atoms with E-state index in [2.05, 4.69) is 12.2 Å². The van der Waals surface area contributed by atoms with E-state index in [1.54, 1.807) is 12.1 Å². The van der Waals surface area contributed by atoms with E-state index < -0.39 is 0 Å². The van der Waals surface area contributed by atoms with Crippen molar-refractivity contribution in [2.24, 2.45) is 0 Å². The first-order valence-electron chi connectivity index (χ1n) is 9.54. The lowest BCUT2D eigenvalue weighted by molar-refractivity contribution is -0.186. The van der Waals surface area contributed by atoms with Crippen LogP contribution in [0.4, 0.5) is 0 Å². The van der Waals surface area contributed by atoms with Gasteiger partial charge in [0.25, 0.3) is 5.91 Å². The number of hydrogen-bond donors (Lipinski definition) is 1. The van der Waals surface area contributed by atoms with Gasteiger partial charge < -0.3 is 19.5 Å². The zero-order valence-electron chi connectivity index (χ0n) is 15.1. The lowest BCUT2D eigenvalue weighted by Crippen LogP contribution is -2.37. The first-order valence-corrected chi connectivity index (χ1v) is 9.54. The van der Waals surface area contributed by atoms with Gasteiger partial charge in [0.1, 0.15) is 11.9 Å². The highest BCUT2D eigenvalue weighted by atomic mass is 16.7. The van der Waals surface area contributed by atoms with Crippen LogP contribution in [0.5, 0.6) is 5.75 Å². The van der Waals surface area contributed by atoms with Gasteiger partial charge in [0.05, 0.1) is 13.2 Å². The second-order valence-electron chi connectivity index (χ2n) is 6.96. The summed E-state index contributed by atoms with van der Waals surface area (Å²) >= 11 is 0. The highest BCUT2D eigenvalue weighted by molar-refractivity contribution is 5.94. The van der Waals surface area contributed by atoms with Gasteiger partial charge in [-0.3, -0.25) is 4.79 Å². The number of nitrogens with one attached hydrogen (secondary N) is 1. The van der Waals surface area contributed by atoms with Crippen molar-refractivity contribution in [1.29, 1.82) is 0 Å². The zero-order valence-corrected chi connectivity index (χ0v) is 15.1. The van der Waals surface area contributed by atoms with Crippen molar-refractivity contribution in [3.05, 3.63) is 29.8 Å². The molecule has 1 heterocycles. The van der Waals surface area contributed by atoms with Crippen LogP contribution >= 0.6 is 0 Å². The first-order chi connectivity index (χ1) is 12.2. The molecule has 1 aromatic rings. The molecule has 1 saturated heterocycles.